The normalized spacial score (nSPS) is 22.5. The summed E-state index contributed by atoms with van der Waals surface area (Å²) in [6.45, 7) is 0.740. The van der Waals surface area contributed by atoms with Crippen LogP contribution in [-0.2, 0) is 9.47 Å². The minimum atomic E-state index is -0.375. The number of carbonyl (C=O) groups is 1. The second-order valence-electron chi connectivity index (χ2n) is 9.33. The van der Waals surface area contributed by atoms with E-state index < -0.39 is 0 Å². The van der Waals surface area contributed by atoms with Crippen molar-refractivity contribution in [1.29, 1.82) is 0 Å². The average Bonchev–Trinajstić information content (AvgIpc) is 3.76. The Balaban J connectivity index is 0.954. The van der Waals surface area contributed by atoms with Crippen molar-refractivity contribution in [2.45, 2.75) is 24.3 Å². The van der Waals surface area contributed by atoms with E-state index in [1.807, 2.05) is 30.3 Å². The number of nitrogens with zero attached hydrogens (tertiary/aromatic N) is 4. The van der Waals surface area contributed by atoms with Crippen molar-refractivity contribution in [1.82, 2.24) is 25.5 Å². The SMILES string of the molecule is O=C(Nc1ccc(Oc2ccccc2)cc1)N[C@H]1CO[C@H]2[C@@H]1OC[C@@H]2n1nnnc1Oc1ccc2c(c1)OCO2. The van der Waals surface area contributed by atoms with Gasteiger partial charge in [0.05, 0.1) is 19.3 Å². The van der Waals surface area contributed by atoms with Crippen LogP contribution in [0.4, 0.5) is 10.5 Å². The first-order valence-corrected chi connectivity index (χ1v) is 12.7. The van der Waals surface area contributed by atoms with E-state index in [9.17, 15) is 4.79 Å². The van der Waals surface area contributed by atoms with E-state index in [-0.39, 0.29) is 49.7 Å². The Kier molecular flexibility index (Phi) is 6.26. The number of rotatable bonds is 7. The first-order chi connectivity index (χ1) is 19.7. The highest BCUT2D eigenvalue weighted by atomic mass is 16.7. The second-order valence-corrected chi connectivity index (χ2v) is 9.33. The van der Waals surface area contributed by atoms with E-state index in [4.69, 9.17) is 28.4 Å². The van der Waals surface area contributed by atoms with Gasteiger partial charge in [-0.1, -0.05) is 23.3 Å². The van der Waals surface area contributed by atoms with Gasteiger partial charge in [0.2, 0.25) is 6.79 Å². The number of hydrogen-bond acceptors (Lipinski definition) is 10. The Morgan fingerprint density at radius 1 is 0.850 bits per heavy atom. The van der Waals surface area contributed by atoms with Crippen LogP contribution in [0, 0.1) is 0 Å². The summed E-state index contributed by atoms with van der Waals surface area (Å²) in [6.07, 6.45) is -0.748. The third-order valence-electron chi connectivity index (χ3n) is 6.76. The zero-order valence-corrected chi connectivity index (χ0v) is 21.0. The van der Waals surface area contributed by atoms with Gasteiger partial charge in [0, 0.05) is 11.8 Å². The molecule has 4 atom stereocenters. The summed E-state index contributed by atoms with van der Waals surface area (Å²) < 4.78 is 36.1. The number of ether oxygens (including phenoxy) is 6. The van der Waals surface area contributed by atoms with Gasteiger partial charge in [0.1, 0.15) is 35.5 Å². The predicted octanol–water partition coefficient (Wildman–Crippen LogP) is 3.52. The van der Waals surface area contributed by atoms with Crippen LogP contribution in [0.2, 0.25) is 0 Å². The number of nitrogens with one attached hydrogen (secondary N) is 2. The molecule has 2 fully saturated rings. The molecule has 0 aliphatic carbocycles. The van der Waals surface area contributed by atoms with Gasteiger partial charge in [-0.3, -0.25) is 0 Å². The molecule has 0 radical (unpaired) electrons. The summed E-state index contributed by atoms with van der Waals surface area (Å²) in [5.74, 6) is 3.14. The number of fused-ring (bicyclic) bond motifs is 2. The quantitative estimate of drug-likeness (QED) is 0.355. The van der Waals surface area contributed by atoms with Gasteiger partial charge in [-0.15, -0.1) is 0 Å². The smallest absolute Gasteiger partial charge is 0.341 e. The van der Waals surface area contributed by atoms with Crippen molar-refractivity contribution in [2.24, 2.45) is 0 Å². The zero-order chi connectivity index (χ0) is 26.9. The molecule has 204 valence electrons. The van der Waals surface area contributed by atoms with Gasteiger partial charge in [0.15, 0.2) is 11.5 Å². The fourth-order valence-electron chi connectivity index (χ4n) is 4.89. The molecule has 0 spiro atoms. The summed E-state index contributed by atoms with van der Waals surface area (Å²) in [6, 6.07) is 20.9. The standard InChI is InChI=1S/C27H24N6O7/c34-26(28-16-6-8-18(9-7-16)39-17-4-2-1-3-5-17)29-20-13-35-25-21(14-36-24(20)25)33-27(30-31-32-33)40-19-10-11-22-23(12-19)38-15-37-22/h1-12,20-21,24-25H,13-15H2,(H2,28,29,34)/t20-,21-,24+,25+/m0/s1. The maximum Gasteiger partial charge on any atom is 0.341 e. The number of benzene rings is 3. The molecule has 13 heteroatoms. The second kappa shape index (κ2) is 10.4. The van der Waals surface area contributed by atoms with E-state index in [1.165, 1.54) is 4.68 Å². The molecule has 7 rings (SSSR count). The van der Waals surface area contributed by atoms with Crippen molar-refractivity contribution in [3.8, 4) is 34.8 Å². The minimum Gasteiger partial charge on any atom is -0.457 e. The van der Waals surface area contributed by atoms with Gasteiger partial charge < -0.3 is 39.1 Å². The summed E-state index contributed by atoms with van der Waals surface area (Å²) in [5.41, 5.74) is 0.623. The number of amides is 2. The molecule has 3 aliphatic heterocycles. The van der Waals surface area contributed by atoms with Crippen molar-refractivity contribution in [3.05, 3.63) is 72.8 Å². The van der Waals surface area contributed by atoms with Crippen molar-refractivity contribution < 1.29 is 33.2 Å². The van der Waals surface area contributed by atoms with E-state index >= 15 is 0 Å². The van der Waals surface area contributed by atoms with Crippen LogP contribution >= 0.6 is 0 Å². The topological polar surface area (TPSA) is 140 Å². The summed E-state index contributed by atoms with van der Waals surface area (Å²) in [5, 5.41) is 17.7. The van der Waals surface area contributed by atoms with E-state index in [0.29, 0.717) is 35.3 Å². The fraction of sp³-hybridized carbons (Fsp3) is 0.259. The van der Waals surface area contributed by atoms with Crippen molar-refractivity contribution in [2.75, 3.05) is 25.3 Å². The van der Waals surface area contributed by atoms with Crippen LogP contribution in [0.1, 0.15) is 6.04 Å². The number of aromatic nitrogens is 4. The van der Waals surface area contributed by atoms with E-state index in [2.05, 4.69) is 26.2 Å². The molecule has 40 heavy (non-hydrogen) atoms. The Morgan fingerprint density at radius 3 is 2.50 bits per heavy atom. The van der Waals surface area contributed by atoms with Crippen LogP contribution in [0.3, 0.4) is 0 Å². The van der Waals surface area contributed by atoms with Crippen LogP contribution < -0.4 is 29.6 Å². The molecule has 3 aromatic carbocycles. The third kappa shape index (κ3) is 4.83. The molecule has 0 unspecified atom stereocenters. The number of anilines is 1. The molecule has 13 nitrogen and oxygen atoms in total. The summed E-state index contributed by atoms with van der Waals surface area (Å²) >= 11 is 0. The van der Waals surface area contributed by atoms with E-state index in [0.717, 1.165) is 5.75 Å². The molecule has 2 N–H and O–H groups in total. The van der Waals surface area contributed by atoms with Crippen LogP contribution in [0.15, 0.2) is 72.8 Å². The molecular formula is C27H24N6O7. The summed E-state index contributed by atoms with van der Waals surface area (Å²) in [7, 11) is 0. The molecule has 4 aromatic rings. The highest BCUT2D eigenvalue weighted by Crippen LogP contribution is 2.38. The fourth-order valence-corrected chi connectivity index (χ4v) is 4.89. The Labute approximate surface area is 227 Å². The van der Waals surface area contributed by atoms with Gasteiger partial charge >= 0.3 is 12.0 Å². The molecule has 0 saturated carbocycles. The maximum atomic E-state index is 12.7. The third-order valence-corrected chi connectivity index (χ3v) is 6.76. The molecular weight excluding hydrogens is 520 g/mol. The first-order valence-electron chi connectivity index (χ1n) is 12.7. The monoisotopic (exact) mass is 544 g/mol. The lowest BCUT2D eigenvalue weighted by Crippen LogP contribution is -2.45. The highest BCUT2D eigenvalue weighted by Gasteiger charge is 2.50. The lowest BCUT2D eigenvalue weighted by atomic mass is 10.1. The molecule has 2 amide bonds. The lowest BCUT2D eigenvalue weighted by molar-refractivity contribution is 0.0613. The first kappa shape index (κ1) is 24.2. The average molecular weight is 545 g/mol. The number of tetrazole rings is 1. The number of carbonyl (C=O) groups excluding carboxylic acids is 1. The zero-order valence-electron chi connectivity index (χ0n) is 21.0. The molecule has 0 bridgehead atoms. The Bertz CT molecular complexity index is 1500. The lowest BCUT2D eigenvalue weighted by Gasteiger charge is -2.18. The molecule has 2 saturated heterocycles. The van der Waals surface area contributed by atoms with Gasteiger partial charge in [-0.05, 0) is 59.0 Å². The molecule has 4 heterocycles. The largest absolute Gasteiger partial charge is 0.457 e. The van der Waals surface area contributed by atoms with Crippen molar-refractivity contribution >= 4 is 11.7 Å². The van der Waals surface area contributed by atoms with Crippen LogP contribution in [0.5, 0.6) is 34.8 Å². The molecule has 1 aromatic heterocycles. The Hall–Kier alpha value is -4.88. The maximum absolute atomic E-state index is 12.7. The Morgan fingerprint density at radius 2 is 1.62 bits per heavy atom. The van der Waals surface area contributed by atoms with Gasteiger partial charge in [-0.25, -0.2) is 4.79 Å². The minimum absolute atomic E-state index is 0.166. The number of urea groups is 1. The number of para-hydroxylation sites is 1. The number of hydrogen-bond donors (Lipinski definition) is 2. The van der Waals surface area contributed by atoms with Crippen LogP contribution in [-0.4, -0.2) is 64.5 Å². The molecule has 3 aliphatic rings. The van der Waals surface area contributed by atoms with Gasteiger partial charge in [0.25, 0.3) is 0 Å². The predicted molar refractivity (Wildman–Crippen MR) is 138 cm³/mol. The van der Waals surface area contributed by atoms with Crippen LogP contribution in [0.25, 0.3) is 0 Å². The van der Waals surface area contributed by atoms with E-state index in [1.54, 1.807) is 42.5 Å². The highest BCUT2D eigenvalue weighted by molar-refractivity contribution is 5.89. The van der Waals surface area contributed by atoms with Gasteiger partial charge in [-0.2, -0.15) is 4.68 Å². The van der Waals surface area contributed by atoms with Crippen molar-refractivity contribution in [3.63, 3.8) is 0 Å². The summed E-state index contributed by atoms with van der Waals surface area (Å²) in [4.78, 5) is 12.7.